The number of esters is 1. The van der Waals surface area contributed by atoms with E-state index >= 15 is 0 Å². The van der Waals surface area contributed by atoms with Crippen LogP contribution in [0.1, 0.15) is 59.8 Å². The molecule has 1 aliphatic rings. The zero-order valence-electron chi connectivity index (χ0n) is 14.8. The van der Waals surface area contributed by atoms with Crippen LogP contribution in [-0.2, 0) is 14.0 Å². The topological polar surface area (TPSA) is 35.5 Å². The molecule has 1 heterocycles. The molecule has 124 valence electrons. The van der Waals surface area contributed by atoms with Gasteiger partial charge in [-0.25, -0.2) is 0 Å². The minimum absolute atomic E-state index is 0.0150. The summed E-state index contributed by atoms with van der Waals surface area (Å²) < 4.78 is 11.4. The number of hydrogen-bond donors (Lipinski definition) is 0. The molecule has 3 nitrogen and oxygen atoms in total. The molecule has 0 aromatic carbocycles. The molecule has 0 amide bonds. The van der Waals surface area contributed by atoms with E-state index < -0.39 is 8.32 Å². The molecule has 0 saturated carbocycles. The molecule has 2 atom stereocenters. The van der Waals surface area contributed by atoms with Gasteiger partial charge in [-0.2, -0.15) is 0 Å². The van der Waals surface area contributed by atoms with Gasteiger partial charge in [0.1, 0.15) is 0 Å². The van der Waals surface area contributed by atoms with E-state index in [9.17, 15) is 4.79 Å². The Morgan fingerprint density at radius 2 is 1.95 bits per heavy atom. The van der Waals surface area contributed by atoms with Crippen LogP contribution in [0.4, 0.5) is 0 Å². The van der Waals surface area contributed by atoms with Crippen LogP contribution < -0.4 is 0 Å². The van der Waals surface area contributed by atoms with Crippen LogP contribution in [0, 0.1) is 11.8 Å². The lowest BCUT2D eigenvalue weighted by Crippen LogP contribution is -2.40. The molecule has 0 bridgehead atoms. The van der Waals surface area contributed by atoms with Gasteiger partial charge in [0.25, 0.3) is 0 Å². The van der Waals surface area contributed by atoms with Gasteiger partial charge in [0.05, 0.1) is 12.5 Å². The largest absolute Gasteiger partial charge is 0.465 e. The first kappa shape index (κ1) is 18.7. The molecule has 1 rings (SSSR count). The lowest BCUT2D eigenvalue weighted by atomic mass is 9.90. The van der Waals surface area contributed by atoms with Gasteiger partial charge < -0.3 is 9.16 Å². The fraction of sp³-hybridized carbons (Fsp3) is 0.941. The highest BCUT2D eigenvalue weighted by molar-refractivity contribution is 6.74. The highest BCUT2D eigenvalue weighted by Crippen LogP contribution is 2.36. The van der Waals surface area contributed by atoms with Crippen molar-refractivity contribution in [3.63, 3.8) is 0 Å². The number of hydrogen-bond acceptors (Lipinski definition) is 3. The zero-order valence-corrected chi connectivity index (χ0v) is 15.8. The van der Waals surface area contributed by atoms with Crippen LogP contribution in [0.5, 0.6) is 0 Å². The molecule has 4 heteroatoms. The molecule has 1 saturated heterocycles. The number of unbranched alkanes of at least 4 members (excludes halogenated alkanes) is 1. The lowest BCUT2D eigenvalue weighted by molar-refractivity contribution is -0.146. The molecule has 1 aliphatic heterocycles. The second-order valence-corrected chi connectivity index (χ2v) is 12.9. The Morgan fingerprint density at radius 3 is 2.57 bits per heavy atom. The van der Waals surface area contributed by atoms with Crippen molar-refractivity contribution in [2.24, 2.45) is 11.8 Å². The maximum Gasteiger partial charge on any atom is 0.308 e. The van der Waals surface area contributed by atoms with Gasteiger partial charge in [-0.05, 0) is 43.3 Å². The molecule has 0 spiro atoms. The number of carbonyl (C=O) groups excluding carboxylic acids is 1. The SMILES string of the molecule is C[C@@H]1C[C@@H](CCCCO[Si](C)(C)C(C)(C)C)CCOC1=O. The maximum absolute atomic E-state index is 11.5. The molecular weight excluding hydrogens is 280 g/mol. The quantitative estimate of drug-likeness (QED) is 0.402. The second-order valence-electron chi connectivity index (χ2n) is 8.06. The van der Waals surface area contributed by atoms with Gasteiger partial charge >= 0.3 is 5.97 Å². The summed E-state index contributed by atoms with van der Waals surface area (Å²) in [5.74, 6) is 0.694. The summed E-state index contributed by atoms with van der Waals surface area (Å²) in [6.07, 6.45) is 5.54. The van der Waals surface area contributed by atoms with E-state index in [2.05, 4.69) is 33.9 Å². The van der Waals surface area contributed by atoms with Crippen LogP contribution in [-0.4, -0.2) is 27.5 Å². The van der Waals surface area contributed by atoms with Gasteiger partial charge in [-0.3, -0.25) is 4.79 Å². The summed E-state index contributed by atoms with van der Waals surface area (Å²) in [6, 6.07) is 0. The van der Waals surface area contributed by atoms with Gasteiger partial charge in [0, 0.05) is 6.61 Å². The molecule has 0 N–H and O–H groups in total. The van der Waals surface area contributed by atoms with Crippen LogP contribution in [0.15, 0.2) is 0 Å². The van der Waals surface area contributed by atoms with Crippen LogP contribution >= 0.6 is 0 Å². The first-order chi connectivity index (χ1) is 9.63. The first-order valence-electron chi connectivity index (χ1n) is 8.44. The lowest BCUT2D eigenvalue weighted by Gasteiger charge is -2.36. The number of cyclic esters (lactones) is 1. The van der Waals surface area contributed by atoms with E-state index in [4.69, 9.17) is 9.16 Å². The van der Waals surface area contributed by atoms with Crippen molar-refractivity contribution >= 4 is 14.3 Å². The van der Waals surface area contributed by atoms with Crippen LogP contribution in [0.25, 0.3) is 0 Å². The van der Waals surface area contributed by atoms with E-state index in [0.717, 1.165) is 25.9 Å². The summed E-state index contributed by atoms with van der Waals surface area (Å²) in [7, 11) is -1.59. The second kappa shape index (κ2) is 7.77. The predicted molar refractivity (Wildman–Crippen MR) is 89.8 cm³/mol. The van der Waals surface area contributed by atoms with Crippen molar-refractivity contribution in [2.75, 3.05) is 13.2 Å². The van der Waals surface area contributed by atoms with Crippen molar-refractivity contribution in [2.45, 2.75) is 77.9 Å². The third-order valence-corrected chi connectivity index (χ3v) is 9.67. The van der Waals surface area contributed by atoms with E-state index in [0.29, 0.717) is 17.6 Å². The van der Waals surface area contributed by atoms with E-state index in [1.54, 1.807) is 0 Å². The summed E-state index contributed by atoms with van der Waals surface area (Å²) in [4.78, 5) is 11.5. The van der Waals surface area contributed by atoms with Crippen molar-refractivity contribution < 1.29 is 14.0 Å². The Kier molecular flexibility index (Phi) is 6.92. The average Bonchev–Trinajstić information content (AvgIpc) is 2.50. The van der Waals surface area contributed by atoms with Crippen LogP contribution in [0.3, 0.4) is 0 Å². The molecule has 1 fully saturated rings. The minimum atomic E-state index is -1.59. The van der Waals surface area contributed by atoms with Crippen LogP contribution in [0.2, 0.25) is 18.1 Å². The van der Waals surface area contributed by atoms with Crippen molar-refractivity contribution in [3.8, 4) is 0 Å². The van der Waals surface area contributed by atoms with Crippen molar-refractivity contribution in [1.82, 2.24) is 0 Å². The average molecular weight is 315 g/mol. The fourth-order valence-electron chi connectivity index (χ4n) is 2.52. The highest BCUT2D eigenvalue weighted by Gasteiger charge is 2.36. The van der Waals surface area contributed by atoms with Gasteiger partial charge in [-0.15, -0.1) is 0 Å². The normalized spacial score (nSPS) is 24.6. The van der Waals surface area contributed by atoms with Gasteiger partial charge in [0.2, 0.25) is 0 Å². The minimum Gasteiger partial charge on any atom is -0.465 e. The van der Waals surface area contributed by atoms with Crippen molar-refractivity contribution in [1.29, 1.82) is 0 Å². The maximum atomic E-state index is 11.5. The Morgan fingerprint density at radius 1 is 1.29 bits per heavy atom. The molecule has 0 aromatic heterocycles. The highest BCUT2D eigenvalue weighted by atomic mass is 28.4. The Hall–Kier alpha value is -0.353. The number of ether oxygens (including phenoxy) is 1. The smallest absolute Gasteiger partial charge is 0.308 e. The molecule has 0 aliphatic carbocycles. The van der Waals surface area contributed by atoms with E-state index in [1.165, 1.54) is 12.8 Å². The van der Waals surface area contributed by atoms with Crippen molar-refractivity contribution in [3.05, 3.63) is 0 Å². The summed E-state index contributed by atoms with van der Waals surface area (Å²) in [6.45, 7) is 14.9. The number of rotatable bonds is 6. The first-order valence-corrected chi connectivity index (χ1v) is 11.3. The number of carbonyl (C=O) groups is 1. The standard InChI is InChI=1S/C17H34O3Si/c1-14-13-15(10-12-19-16(14)18)9-7-8-11-20-21(5,6)17(2,3)4/h14-15H,7-13H2,1-6H3/t14-,15+/m1/s1. The Labute approximate surface area is 131 Å². The Balaban J connectivity index is 2.21. The predicted octanol–water partition coefficient (Wildman–Crippen LogP) is 4.77. The summed E-state index contributed by atoms with van der Waals surface area (Å²) in [5.41, 5.74) is 0. The van der Waals surface area contributed by atoms with E-state index in [1.807, 2.05) is 6.92 Å². The van der Waals surface area contributed by atoms with Gasteiger partial charge in [0.15, 0.2) is 8.32 Å². The third-order valence-electron chi connectivity index (χ3n) is 5.14. The summed E-state index contributed by atoms with van der Waals surface area (Å²) in [5, 5.41) is 0.293. The monoisotopic (exact) mass is 314 g/mol. The molecule has 0 radical (unpaired) electrons. The molecular formula is C17H34O3Si. The molecule has 21 heavy (non-hydrogen) atoms. The summed E-state index contributed by atoms with van der Waals surface area (Å²) >= 11 is 0. The third kappa shape index (κ3) is 6.11. The molecule has 0 aromatic rings. The van der Waals surface area contributed by atoms with Gasteiger partial charge in [-0.1, -0.05) is 40.5 Å². The molecule has 0 unspecified atom stereocenters. The Bertz CT molecular complexity index is 333. The zero-order chi connectivity index (χ0) is 16.1. The fourth-order valence-corrected chi connectivity index (χ4v) is 3.61. The van der Waals surface area contributed by atoms with E-state index in [-0.39, 0.29) is 11.9 Å².